The number of hydrogen-bond donors (Lipinski definition) is 4. The lowest BCUT2D eigenvalue weighted by Gasteiger charge is -2.17. The Balaban J connectivity index is 1.33. The highest BCUT2D eigenvalue weighted by atomic mass is 19.4. The van der Waals surface area contributed by atoms with Crippen molar-refractivity contribution in [1.29, 1.82) is 0 Å². The summed E-state index contributed by atoms with van der Waals surface area (Å²) >= 11 is 0. The number of rotatable bonds is 10. The summed E-state index contributed by atoms with van der Waals surface area (Å²) in [5.74, 6) is -0.199. The number of aryl methyl sites for hydroxylation is 3. The molecular weight excluding hydrogens is 568 g/mol. The van der Waals surface area contributed by atoms with Gasteiger partial charge in [0.2, 0.25) is 5.91 Å². The molecule has 0 aliphatic rings. The van der Waals surface area contributed by atoms with E-state index in [4.69, 9.17) is 10.8 Å². The van der Waals surface area contributed by atoms with Gasteiger partial charge in [-0.15, -0.1) is 0 Å². The second-order valence-electron chi connectivity index (χ2n) is 9.70. The Labute approximate surface area is 242 Å². The number of aliphatic hydroxyl groups excluding tert-OH is 1. The molecule has 3 aromatic heterocycles. The molecule has 0 bridgehead atoms. The van der Waals surface area contributed by atoms with Gasteiger partial charge in [-0.3, -0.25) is 14.6 Å². The number of nitrogens with zero attached hydrogens (tertiary/aromatic N) is 5. The first-order valence-electron chi connectivity index (χ1n) is 13.1. The van der Waals surface area contributed by atoms with Crippen molar-refractivity contribution in [2.24, 2.45) is 5.73 Å². The molecule has 5 aromatic rings. The van der Waals surface area contributed by atoms with Crippen LogP contribution in [0.25, 0.3) is 22.4 Å². The Morgan fingerprint density at radius 3 is 2.63 bits per heavy atom. The molecule has 0 saturated heterocycles. The molecule has 43 heavy (non-hydrogen) atoms. The Hall–Kier alpha value is -5.11. The summed E-state index contributed by atoms with van der Waals surface area (Å²) in [4.78, 5) is 20.8. The lowest BCUT2D eigenvalue weighted by atomic mass is 9.91. The van der Waals surface area contributed by atoms with E-state index in [2.05, 4.69) is 30.6 Å². The molecule has 0 aliphatic carbocycles. The molecular formula is C29H26F4N8O2. The predicted octanol–water partition coefficient (Wildman–Crippen LogP) is 4.82. The van der Waals surface area contributed by atoms with E-state index in [-0.39, 0.29) is 36.1 Å². The van der Waals surface area contributed by atoms with Crippen molar-refractivity contribution in [3.05, 3.63) is 95.0 Å². The van der Waals surface area contributed by atoms with Gasteiger partial charge in [-0.05, 0) is 55.2 Å². The Bertz CT molecular complexity index is 1780. The van der Waals surface area contributed by atoms with Crippen LogP contribution in [0.2, 0.25) is 0 Å². The summed E-state index contributed by atoms with van der Waals surface area (Å²) in [7, 11) is 0. The molecule has 0 unspecified atom stereocenters. The Morgan fingerprint density at radius 2 is 1.88 bits per heavy atom. The van der Waals surface area contributed by atoms with Gasteiger partial charge in [-0.25, -0.2) is 14.4 Å². The number of halogens is 4. The SMILES string of the molecule is Cc1nc(Nc2cc(CCc3cc(-c4c(C(N)=O)cccc4C(F)(F)F)ccc3F)[nH]n2)cc(-c2cnn(CCO)c2)n1. The molecule has 10 nitrogen and oxygen atoms in total. The quantitative estimate of drug-likeness (QED) is 0.170. The third-order valence-corrected chi connectivity index (χ3v) is 6.62. The maximum Gasteiger partial charge on any atom is 0.417 e. The topological polar surface area (TPSA) is 148 Å². The molecule has 1 amide bonds. The van der Waals surface area contributed by atoms with Crippen LogP contribution < -0.4 is 11.1 Å². The van der Waals surface area contributed by atoms with E-state index in [0.717, 1.165) is 23.8 Å². The highest BCUT2D eigenvalue weighted by molar-refractivity contribution is 6.00. The number of aromatic nitrogens is 6. The first-order valence-corrected chi connectivity index (χ1v) is 13.1. The molecule has 222 valence electrons. The van der Waals surface area contributed by atoms with Crippen molar-refractivity contribution >= 4 is 17.5 Å². The van der Waals surface area contributed by atoms with Crippen molar-refractivity contribution in [2.75, 3.05) is 11.9 Å². The van der Waals surface area contributed by atoms with E-state index in [0.29, 0.717) is 35.4 Å². The van der Waals surface area contributed by atoms with Crippen LogP contribution in [0.3, 0.4) is 0 Å². The van der Waals surface area contributed by atoms with Crippen molar-refractivity contribution in [1.82, 2.24) is 29.9 Å². The zero-order valence-corrected chi connectivity index (χ0v) is 22.8. The first-order chi connectivity index (χ1) is 20.5. The Morgan fingerprint density at radius 1 is 1.07 bits per heavy atom. The molecule has 0 fully saturated rings. The molecule has 2 aromatic carbocycles. The predicted molar refractivity (Wildman–Crippen MR) is 150 cm³/mol. The van der Waals surface area contributed by atoms with Crippen LogP contribution in [0.15, 0.2) is 60.9 Å². The molecule has 0 atom stereocenters. The maximum atomic E-state index is 14.7. The summed E-state index contributed by atoms with van der Waals surface area (Å²) < 4.78 is 57.7. The van der Waals surface area contributed by atoms with Gasteiger partial charge >= 0.3 is 6.18 Å². The summed E-state index contributed by atoms with van der Waals surface area (Å²) in [6.45, 7) is 2.05. The lowest BCUT2D eigenvalue weighted by molar-refractivity contribution is -0.137. The summed E-state index contributed by atoms with van der Waals surface area (Å²) in [5.41, 5.74) is 5.82. The highest BCUT2D eigenvalue weighted by Gasteiger charge is 2.35. The van der Waals surface area contributed by atoms with Gasteiger partial charge in [0.15, 0.2) is 5.82 Å². The minimum Gasteiger partial charge on any atom is -0.394 e. The standard InChI is InChI=1S/C29H26F4N8O2/c1-16-36-24(19-14-35-41(15-19)9-10-42)13-25(37-16)38-26-12-20(39-40-26)7-5-17-11-18(6-8-23(17)30)27-21(28(34)43)3-2-4-22(27)29(31,32)33/h2-4,6,8,11-15,42H,5,7,9-10H2,1H3,(H2,34,43)(H2,36,37,38,39,40). The van der Waals surface area contributed by atoms with Crippen molar-refractivity contribution in [3.8, 4) is 22.4 Å². The second-order valence-corrected chi connectivity index (χ2v) is 9.70. The highest BCUT2D eigenvalue weighted by Crippen LogP contribution is 2.39. The number of hydrogen-bond acceptors (Lipinski definition) is 7. The monoisotopic (exact) mass is 594 g/mol. The van der Waals surface area contributed by atoms with E-state index in [1.165, 1.54) is 18.2 Å². The van der Waals surface area contributed by atoms with Crippen LogP contribution in [0.5, 0.6) is 0 Å². The number of carbonyl (C=O) groups is 1. The van der Waals surface area contributed by atoms with Crippen LogP contribution >= 0.6 is 0 Å². The van der Waals surface area contributed by atoms with Gasteiger partial charge in [0.1, 0.15) is 17.5 Å². The second kappa shape index (κ2) is 12.0. The fourth-order valence-electron chi connectivity index (χ4n) is 4.68. The number of H-pyrrole nitrogens is 1. The maximum absolute atomic E-state index is 14.7. The number of benzene rings is 2. The van der Waals surface area contributed by atoms with E-state index >= 15 is 0 Å². The smallest absolute Gasteiger partial charge is 0.394 e. The van der Waals surface area contributed by atoms with E-state index in [9.17, 15) is 22.4 Å². The van der Waals surface area contributed by atoms with Gasteiger partial charge in [0.25, 0.3) is 0 Å². The summed E-state index contributed by atoms with van der Waals surface area (Å²) in [6.07, 6.45) is -0.927. The van der Waals surface area contributed by atoms with Gasteiger partial charge in [0.05, 0.1) is 30.6 Å². The molecule has 5 N–H and O–H groups in total. The van der Waals surface area contributed by atoms with Gasteiger partial charge < -0.3 is 16.2 Å². The summed E-state index contributed by atoms with van der Waals surface area (Å²) in [5, 5.41) is 23.5. The number of aliphatic hydroxyl groups is 1. The number of carbonyl (C=O) groups excluding carboxylic acids is 1. The number of nitrogens with one attached hydrogen (secondary N) is 2. The van der Waals surface area contributed by atoms with E-state index in [1.54, 1.807) is 36.1 Å². The number of nitrogens with two attached hydrogens (primary N) is 1. The zero-order chi connectivity index (χ0) is 30.7. The molecule has 0 radical (unpaired) electrons. The molecule has 0 spiro atoms. The van der Waals surface area contributed by atoms with Gasteiger partial charge in [0, 0.05) is 40.7 Å². The average Bonchev–Trinajstić information content (AvgIpc) is 3.61. The van der Waals surface area contributed by atoms with Crippen molar-refractivity contribution in [2.45, 2.75) is 32.5 Å². The lowest BCUT2D eigenvalue weighted by Crippen LogP contribution is -2.16. The number of anilines is 2. The van der Waals surface area contributed by atoms with Crippen LogP contribution in [0, 0.1) is 12.7 Å². The minimum atomic E-state index is -4.75. The van der Waals surface area contributed by atoms with Gasteiger partial charge in [-0.2, -0.15) is 23.4 Å². The van der Waals surface area contributed by atoms with Crippen molar-refractivity contribution < 1.29 is 27.5 Å². The van der Waals surface area contributed by atoms with Crippen LogP contribution in [0.4, 0.5) is 29.2 Å². The number of amides is 1. The third kappa shape index (κ3) is 6.70. The number of alkyl halides is 3. The van der Waals surface area contributed by atoms with Crippen molar-refractivity contribution in [3.63, 3.8) is 0 Å². The zero-order valence-electron chi connectivity index (χ0n) is 22.8. The van der Waals surface area contributed by atoms with Gasteiger partial charge in [-0.1, -0.05) is 12.1 Å². The molecule has 0 saturated carbocycles. The molecule has 5 rings (SSSR count). The van der Waals surface area contributed by atoms with E-state index in [1.807, 2.05) is 0 Å². The number of primary amides is 1. The largest absolute Gasteiger partial charge is 0.417 e. The van der Waals surface area contributed by atoms with Crippen LogP contribution in [-0.2, 0) is 25.6 Å². The Kier molecular flexibility index (Phi) is 8.21. The molecule has 14 heteroatoms. The summed E-state index contributed by atoms with van der Waals surface area (Å²) in [6, 6.07) is 10.2. The van der Waals surface area contributed by atoms with Crippen LogP contribution in [-0.4, -0.2) is 47.6 Å². The number of aromatic amines is 1. The molecule has 3 heterocycles. The minimum absolute atomic E-state index is 0.0296. The van der Waals surface area contributed by atoms with E-state index < -0.39 is 29.0 Å². The fourth-order valence-corrected chi connectivity index (χ4v) is 4.68. The van der Waals surface area contributed by atoms with Crippen LogP contribution in [0.1, 0.15) is 33.0 Å². The third-order valence-electron chi connectivity index (χ3n) is 6.62. The normalized spacial score (nSPS) is 11.6. The molecule has 0 aliphatic heterocycles. The first kappa shape index (κ1) is 29.4. The average molecular weight is 595 g/mol. The fraction of sp³-hybridized carbons (Fsp3) is 0.207.